The number of benzene rings is 2. The van der Waals surface area contributed by atoms with E-state index in [1.165, 1.54) is 38.8 Å². The molecule has 2 saturated heterocycles. The van der Waals surface area contributed by atoms with E-state index >= 15 is 0 Å². The standard InChI is InChI=1S/C34H40F3N7O2/c1-46-31-19-25(44-17-15-43(16-18-44)24-11-13-42(14-12-24)23-6-7-23)8-10-30(31)41-33-38-21-27(34(35,36)37)29(40-33)9-5-22-3-2-4-28-26(22)20-32(45)39-28/h2-4,8,10,19,21,23-24H,5-7,9,11-18,20H2,1H3,(H,39,45)(H,38,40,41). The number of nitrogens with one attached hydrogen (secondary N) is 2. The Labute approximate surface area is 267 Å². The number of aryl methyl sites for hydroxylation is 2. The van der Waals surface area contributed by atoms with Crippen LogP contribution in [0.5, 0.6) is 5.75 Å². The molecule has 1 aliphatic carbocycles. The number of hydrogen-bond acceptors (Lipinski definition) is 8. The lowest BCUT2D eigenvalue weighted by Gasteiger charge is -2.43. The Morgan fingerprint density at radius 1 is 0.957 bits per heavy atom. The van der Waals surface area contributed by atoms with Crippen LogP contribution < -0.4 is 20.3 Å². The SMILES string of the molecule is COc1cc(N2CCN(C3CCN(C4CC4)CC3)CC2)ccc1Nc1ncc(C(F)(F)F)c(CCc2cccc3c2CC(=O)N3)n1. The van der Waals surface area contributed by atoms with Gasteiger partial charge in [-0.15, -0.1) is 0 Å². The molecule has 0 unspecified atom stereocenters. The van der Waals surface area contributed by atoms with Gasteiger partial charge >= 0.3 is 6.18 Å². The second kappa shape index (κ2) is 12.7. The number of likely N-dealkylation sites (tertiary alicyclic amines) is 1. The van der Waals surface area contributed by atoms with Crippen molar-refractivity contribution in [3.8, 4) is 5.75 Å². The topological polar surface area (TPSA) is 85.9 Å². The fourth-order valence-corrected chi connectivity index (χ4v) is 7.21. The van der Waals surface area contributed by atoms with Crippen LogP contribution in [0.2, 0.25) is 0 Å². The normalized spacial score (nSPS) is 19.7. The zero-order valence-electron chi connectivity index (χ0n) is 26.1. The zero-order chi connectivity index (χ0) is 31.8. The quantitative estimate of drug-likeness (QED) is 0.329. The van der Waals surface area contributed by atoms with E-state index in [4.69, 9.17) is 4.74 Å². The van der Waals surface area contributed by atoms with Crippen LogP contribution in [0, 0.1) is 0 Å². The van der Waals surface area contributed by atoms with E-state index in [9.17, 15) is 18.0 Å². The summed E-state index contributed by atoms with van der Waals surface area (Å²) in [6.45, 7) is 6.35. The monoisotopic (exact) mass is 635 g/mol. The second-order valence-corrected chi connectivity index (χ2v) is 12.8. The number of amides is 1. The molecule has 3 aliphatic heterocycles. The van der Waals surface area contributed by atoms with Crippen molar-refractivity contribution in [1.29, 1.82) is 0 Å². The van der Waals surface area contributed by atoms with Gasteiger partial charge in [-0.1, -0.05) is 12.1 Å². The number of halogens is 3. The number of carbonyl (C=O) groups excluding carboxylic acids is 1. The molecule has 12 heteroatoms. The summed E-state index contributed by atoms with van der Waals surface area (Å²) in [6.07, 6.45) is 2.07. The van der Waals surface area contributed by atoms with E-state index in [2.05, 4.69) is 35.3 Å². The third-order valence-corrected chi connectivity index (χ3v) is 9.88. The fourth-order valence-electron chi connectivity index (χ4n) is 7.21. The molecule has 1 amide bonds. The number of hydrogen-bond donors (Lipinski definition) is 2. The van der Waals surface area contributed by atoms with Gasteiger partial charge in [-0.2, -0.15) is 13.2 Å². The maximum absolute atomic E-state index is 13.9. The lowest BCUT2D eigenvalue weighted by atomic mass is 9.98. The molecule has 7 rings (SSSR count). The molecular formula is C34H40F3N7O2. The number of fused-ring (bicyclic) bond motifs is 1. The number of alkyl halides is 3. The first-order chi connectivity index (χ1) is 22.2. The van der Waals surface area contributed by atoms with E-state index in [0.29, 0.717) is 29.6 Å². The van der Waals surface area contributed by atoms with Crippen LogP contribution >= 0.6 is 0 Å². The van der Waals surface area contributed by atoms with Gasteiger partial charge in [0.05, 0.1) is 30.5 Å². The highest BCUT2D eigenvalue weighted by atomic mass is 19.4. The first-order valence-electron chi connectivity index (χ1n) is 16.3. The van der Waals surface area contributed by atoms with Crippen molar-refractivity contribution in [3.63, 3.8) is 0 Å². The van der Waals surface area contributed by atoms with Gasteiger partial charge in [-0.05, 0) is 80.9 Å². The zero-order valence-corrected chi connectivity index (χ0v) is 26.1. The van der Waals surface area contributed by atoms with Gasteiger partial charge in [-0.25, -0.2) is 9.97 Å². The maximum atomic E-state index is 13.9. The lowest BCUT2D eigenvalue weighted by Crippen LogP contribution is -2.53. The average Bonchev–Trinajstić information content (AvgIpc) is 3.84. The summed E-state index contributed by atoms with van der Waals surface area (Å²) < 4.78 is 47.5. The Kier molecular flexibility index (Phi) is 8.50. The van der Waals surface area contributed by atoms with Crippen molar-refractivity contribution in [1.82, 2.24) is 19.8 Å². The minimum atomic E-state index is -4.60. The Bertz CT molecular complexity index is 1580. The molecule has 4 aliphatic rings. The third kappa shape index (κ3) is 6.64. The fraction of sp³-hybridized carbons (Fsp3) is 0.500. The van der Waals surface area contributed by atoms with Crippen molar-refractivity contribution < 1.29 is 22.7 Å². The highest BCUT2D eigenvalue weighted by Crippen LogP contribution is 2.36. The van der Waals surface area contributed by atoms with Crippen LogP contribution in [0.1, 0.15) is 48.1 Å². The molecule has 1 aromatic heterocycles. The molecule has 3 fully saturated rings. The average molecular weight is 636 g/mol. The predicted molar refractivity (Wildman–Crippen MR) is 171 cm³/mol. The summed E-state index contributed by atoms with van der Waals surface area (Å²) in [6, 6.07) is 12.8. The van der Waals surface area contributed by atoms with Crippen molar-refractivity contribution in [2.75, 3.05) is 61.9 Å². The van der Waals surface area contributed by atoms with E-state index in [1.807, 2.05) is 24.3 Å². The molecule has 4 heterocycles. The number of piperidine rings is 1. The Balaban J connectivity index is 1.01. The minimum absolute atomic E-state index is 0.0400. The van der Waals surface area contributed by atoms with Crippen LogP contribution in [0.25, 0.3) is 0 Å². The van der Waals surface area contributed by atoms with Crippen LogP contribution in [-0.4, -0.2) is 84.1 Å². The molecule has 0 bridgehead atoms. The smallest absolute Gasteiger partial charge is 0.419 e. The molecule has 2 aromatic carbocycles. The van der Waals surface area contributed by atoms with E-state index in [0.717, 1.165) is 55.2 Å². The van der Waals surface area contributed by atoms with Gasteiger partial charge < -0.3 is 25.2 Å². The van der Waals surface area contributed by atoms with E-state index in [1.54, 1.807) is 19.2 Å². The van der Waals surface area contributed by atoms with Gasteiger partial charge in [0.2, 0.25) is 11.9 Å². The summed E-state index contributed by atoms with van der Waals surface area (Å²) in [5.74, 6) is 0.508. The van der Waals surface area contributed by atoms with Crippen molar-refractivity contribution in [2.24, 2.45) is 0 Å². The van der Waals surface area contributed by atoms with Crippen LogP contribution in [0.3, 0.4) is 0 Å². The lowest BCUT2D eigenvalue weighted by molar-refractivity contribution is -0.138. The third-order valence-electron chi connectivity index (χ3n) is 9.88. The van der Waals surface area contributed by atoms with E-state index < -0.39 is 11.7 Å². The molecule has 3 aromatic rings. The molecule has 0 spiro atoms. The number of anilines is 4. The highest BCUT2D eigenvalue weighted by Gasteiger charge is 2.36. The summed E-state index contributed by atoms with van der Waals surface area (Å²) in [7, 11) is 1.58. The first kappa shape index (κ1) is 30.7. The van der Waals surface area contributed by atoms with Gasteiger partial charge in [-0.3, -0.25) is 9.69 Å². The van der Waals surface area contributed by atoms with Crippen LogP contribution in [0.4, 0.5) is 36.2 Å². The molecule has 1 saturated carbocycles. The molecule has 0 radical (unpaired) electrons. The Hall–Kier alpha value is -3.90. The van der Waals surface area contributed by atoms with Crippen LogP contribution in [0.15, 0.2) is 42.6 Å². The molecule has 0 atom stereocenters. The number of carbonyl (C=O) groups is 1. The summed E-state index contributed by atoms with van der Waals surface area (Å²) in [5.41, 5.74) is 3.02. The summed E-state index contributed by atoms with van der Waals surface area (Å²) >= 11 is 0. The number of aromatic nitrogens is 2. The molecule has 9 nitrogen and oxygen atoms in total. The number of piperazine rings is 1. The molecule has 46 heavy (non-hydrogen) atoms. The van der Waals surface area contributed by atoms with Crippen LogP contribution in [-0.2, 0) is 30.2 Å². The van der Waals surface area contributed by atoms with Gasteiger partial charge in [0.15, 0.2) is 0 Å². The second-order valence-electron chi connectivity index (χ2n) is 12.8. The highest BCUT2D eigenvalue weighted by molar-refractivity contribution is 5.99. The largest absolute Gasteiger partial charge is 0.494 e. The minimum Gasteiger partial charge on any atom is -0.494 e. The van der Waals surface area contributed by atoms with Crippen molar-refractivity contribution in [3.05, 3.63) is 65.0 Å². The Morgan fingerprint density at radius 3 is 2.41 bits per heavy atom. The molecule has 244 valence electrons. The summed E-state index contributed by atoms with van der Waals surface area (Å²) in [5, 5.41) is 5.88. The van der Waals surface area contributed by atoms with Gasteiger partial charge in [0.1, 0.15) is 5.75 Å². The van der Waals surface area contributed by atoms with Crippen molar-refractivity contribution >= 4 is 28.9 Å². The predicted octanol–water partition coefficient (Wildman–Crippen LogP) is 5.28. The van der Waals surface area contributed by atoms with Gasteiger partial charge in [0.25, 0.3) is 0 Å². The maximum Gasteiger partial charge on any atom is 0.419 e. The van der Waals surface area contributed by atoms with Gasteiger partial charge in [0, 0.05) is 61.9 Å². The molecular weight excluding hydrogens is 595 g/mol. The Morgan fingerprint density at radius 2 is 1.70 bits per heavy atom. The summed E-state index contributed by atoms with van der Waals surface area (Å²) in [4.78, 5) is 27.9. The number of rotatable bonds is 9. The van der Waals surface area contributed by atoms with Crippen molar-refractivity contribution in [2.45, 2.75) is 63.2 Å². The number of nitrogens with zero attached hydrogens (tertiary/aromatic N) is 5. The molecule has 2 N–H and O–H groups in total. The van der Waals surface area contributed by atoms with E-state index in [-0.39, 0.29) is 30.4 Å². The first-order valence-corrected chi connectivity index (χ1v) is 16.3. The number of ether oxygens (including phenoxy) is 1. The number of methoxy groups -OCH3 is 1.